The summed E-state index contributed by atoms with van der Waals surface area (Å²) in [5, 5.41) is 8.93. The van der Waals surface area contributed by atoms with Crippen molar-refractivity contribution in [1.29, 1.82) is 0 Å². The minimum absolute atomic E-state index is 0.0167. The molecule has 8 nitrogen and oxygen atoms in total. The number of alkyl halides is 3. The standard InChI is InChI=1S/C31H24F3N3O5S/c1-2-41-30(40)27-24-18-43-28(26(24)29(39)37(36-27)21-13-15-22(16-14-21)42-31(32,33)34)35-25(38)17-23(19-9-5-3-6-10-19)20-11-7-4-8-12-20/h3-16,18,23H,2,17H2,1H3,(H,35,38). The Morgan fingerprint density at radius 1 is 0.953 bits per heavy atom. The van der Waals surface area contributed by atoms with Crippen molar-refractivity contribution >= 4 is 39.0 Å². The predicted octanol–water partition coefficient (Wildman–Crippen LogP) is 6.68. The molecule has 0 atom stereocenters. The summed E-state index contributed by atoms with van der Waals surface area (Å²) in [4.78, 5) is 39.9. The molecule has 5 aromatic rings. The van der Waals surface area contributed by atoms with Crippen molar-refractivity contribution in [2.24, 2.45) is 0 Å². The Kier molecular flexibility index (Phi) is 8.58. The fourth-order valence-corrected chi connectivity index (χ4v) is 5.57. The largest absolute Gasteiger partial charge is 0.573 e. The number of hydrogen-bond donors (Lipinski definition) is 1. The van der Waals surface area contributed by atoms with Crippen LogP contribution in [0.5, 0.6) is 5.75 Å². The van der Waals surface area contributed by atoms with Gasteiger partial charge in [0.25, 0.3) is 5.56 Å². The van der Waals surface area contributed by atoms with E-state index in [9.17, 15) is 27.6 Å². The molecule has 0 unspecified atom stereocenters. The molecule has 0 aliphatic heterocycles. The summed E-state index contributed by atoms with van der Waals surface area (Å²) >= 11 is 1.05. The van der Waals surface area contributed by atoms with Crippen LogP contribution < -0.4 is 15.6 Å². The van der Waals surface area contributed by atoms with Crippen molar-refractivity contribution in [3.05, 3.63) is 117 Å². The highest BCUT2D eigenvalue weighted by molar-refractivity contribution is 7.16. The van der Waals surface area contributed by atoms with Gasteiger partial charge in [-0.15, -0.1) is 24.5 Å². The lowest BCUT2D eigenvalue weighted by molar-refractivity contribution is -0.274. The topological polar surface area (TPSA) is 99.5 Å². The number of carbonyl (C=O) groups is 2. The molecule has 0 saturated carbocycles. The van der Waals surface area contributed by atoms with Crippen LogP contribution in [0.3, 0.4) is 0 Å². The van der Waals surface area contributed by atoms with E-state index in [2.05, 4.69) is 15.2 Å². The Bertz CT molecular complexity index is 1770. The summed E-state index contributed by atoms with van der Waals surface area (Å²) in [6, 6.07) is 23.5. The van der Waals surface area contributed by atoms with Crippen molar-refractivity contribution in [2.75, 3.05) is 11.9 Å². The molecule has 0 saturated heterocycles. The summed E-state index contributed by atoms with van der Waals surface area (Å²) in [5.41, 5.74) is 1.08. The van der Waals surface area contributed by atoms with E-state index in [1.165, 1.54) is 17.5 Å². The Hall–Kier alpha value is -4.97. The number of aromatic nitrogens is 2. The number of fused-ring (bicyclic) bond motifs is 1. The van der Waals surface area contributed by atoms with Gasteiger partial charge in [0, 0.05) is 23.1 Å². The highest BCUT2D eigenvalue weighted by Crippen LogP contribution is 2.33. The number of rotatable bonds is 9. The fraction of sp³-hybridized carbons (Fsp3) is 0.161. The van der Waals surface area contributed by atoms with Crippen molar-refractivity contribution < 1.29 is 32.2 Å². The van der Waals surface area contributed by atoms with Crippen LogP contribution in [-0.2, 0) is 9.53 Å². The quantitative estimate of drug-likeness (QED) is 0.188. The summed E-state index contributed by atoms with van der Waals surface area (Å²) < 4.78 is 47.8. The van der Waals surface area contributed by atoms with Crippen molar-refractivity contribution in [3.63, 3.8) is 0 Å². The molecule has 1 amide bonds. The van der Waals surface area contributed by atoms with Gasteiger partial charge >= 0.3 is 12.3 Å². The van der Waals surface area contributed by atoms with Crippen molar-refractivity contribution in [1.82, 2.24) is 9.78 Å². The second kappa shape index (κ2) is 12.5. The van der Waals surface area contributed by atoms with Gasteiger partial charge in [-0.25, -0.2) is 4.79 Å². The van der Waals surface area contributed by atoms with Gasteiger partial charge < -0.3 is 14.8 Å². The average Bonchev–Trinajstić information content (AvgIpc) is 3.41. The zero-order valence-corrected chi connectivity index (χ0v) is 23.4. The van der Waals surface area contributed by atoms with Gasteiger partial charge in [-0.2, -0.15) is 9.78 Å². The van der Waals surface area contributed by atoms with E-state index in [4.69, 9.17) is 4.74 Å². The first kappa shape index (κ1) is 29.5. The van der Waals surface area contributed by atoms with Crippen LogP contribution in [0.2, 0.25) is 0 Å². The van der Waals surface area contributed by atoms with E-state index in [1.807, 2.05) is 60.7 Å². The molecule has 0 spiro atoms. The van der Waals surface area contributed by atoms with E-state index in [0.717, 1.165) is 39.3 Å². The van der Waals surface area contributed by atoms with Gasteiger partial charge in [-0.3, -0.25) is 9.59 Å². The number of benzene rings is 3. The number of nitrogens with zero attached hydrogens (tertiary/aromatic N) is 2. The Morgan fingerprint density at radius 2 is 1.56 bits per heavy atom. The molecule has 0 aliphatic carbocycles. The molecule has 220 valence electrons. The predicted molar refractivity (Wildman–Crippen MR) is 156 cm³/mol. The van der Waals surface area contributed by atoms with Crippen molar-refractivity contribution in [2.45, 2.75) is 25.6 Å². The molecule has 5 rings (SSSR count). The highest BCUT2D eigenvalue weighted by atomic mass is 32.1. The first-order valence-corrected chi connectivity index (χ1v) is 14.0. The minimum atomic E-state index is -4.89. The van der Waals surface area contributed by atoms with Crippen LogP contribution in [0.15, 0.2) is 95.1 Å². The molecule has 43 heavy (non-hydrogen) atoms. The zero-order valence-electron chi connectivity index (χ0n) is 22.6. The van der Waals surface area contributed by atoms with E-state index >= 15 is 0 Å². The molecular formula is C31H24F3N3O5S. The molecule has 0 bridgehead atoms. The molecule has 2 heterocycles. The van der Waals surface area contributed by atoms with Gasteiger partial charge in [-0.05, 0) is 42.3 Å². The van der Waals surface area contributed by atoms with Gasteiger partial charge in [0.05, 0.1) is 17.7 Å². The summed E-state index contributed by atoms with van der Waals surface area (Å²) in [5.74, 6) is -1.93. The first-order valence-electron chi connectivity index (χ1n) is 13.1. The Labute approximate surface area is 247 Å². The number of nitrogens with one attached hydrogen (secondary N) is 1. The smallest absolute Gasteiger partial charge is 0.461 e. The van der Waals surface area contributed by atoms with E-state index in [-0.39, 0.29) is 52.0 Å². The second-order valence-corrected chi connectivity index (χ2v) is 10.2. The first-order chi connectivity index (χ1) is 20.6. The minimum Gasteiger partial charge on any atom is -0.461 e. The number of amides is 1. The highest BCUT2D eigenvalue weighted by Gasteiger charge is 2.31. The van der Waals surface area contributed by atoms with Crippen LogP contribution >= 0.6 is 11.3 Å². The van der Waals surface area contributed by atoms with Gasteiger partial charge in [0.1, 0.15) is 10.8 Å². The van der Waals surface area contributed by atoms with Gasteiger partial charge in [0.2, 0.25) is 5.91 Å². The average molecular weight is 608 g/mol. The monoisotopic (exact) mass is 607 g/mol. The summed E-state index contributed by atoms with van der Waals surface area (Å²) in [6.07, 6.45) is -4.82. The molecular weight excluding hydrogens is 583 g/mol. The van der Waals surface area contributed by atoms with Crippen LogP contribution in [-0.4, -0.2) is 34.6 Å². The number of hydrogen-bond acceptors (Lipinski definition) is 7. The Balaban J connectivity index is 1.52. The molecule has 0 aliphatic rings. The molecule has 3 aromatic carbocycles. The van der Waals surface area contributed by atoms with Crippen LogP contribution in [0.4, 0.5) is 18.2 Å². The number of esters is 1. The molecule has 0 fully saturated rings. The fourth-order valence-electron chi connectivity index (χ4n) is 4.62. The third-order valence-corrected chi connectivity index (χ3v) is 7.38. The van der Waals surface area contributed by atoms with Crippen molar-refractivity contribution in [3.8, 4) is 11.4 Å². The van der Waals surface area contributed by atoms with E-state index in [1.54, 1.807) is 6.92 Å². The lowest BCUT2D eigenvalue weighted by Gasteiger charge is -2.18. The lowest BCUT2D eigenvalue weighted by atomic mass is 9.88. The maximum Gasteiger partial charge on any atom is 0.573 e. The molecule has 1 N–H and O–H groups in total. The van der Waals surface area contributed by atoms with Crippen LogP contribution in [0.1, 0.15) is 40.9 Å². The zero-order chi connectivity index (χ0) is 30.6. The number of ether oxygens (including phenoxy) is 2. The van der Waals surface area contributed by atoms with E-state index < -0.39 is 23.6 Å². The second-order valence-electron chi connectivity index (χ2n) is 9.31. The number of carbonyl (C=O) groups excluding carboxylic acids is 2. The third kappa shape index (κ3) is 6.75. The summed E-state index contributed by atoms with van der Waals surface area (Å²) in [6.45, 7) is 1.65. The molecule has 2 aromatic heterocycles. The maximum absolute atomic E-state index is 13.7. The number of anilines is 1. The third-order valence-electron chi connectivity index (χ3n) is 6.48. The normalized spacial score (nSPS) is 11.5. The lowest BCUT2D eigenvalue weighted by Crippen LogP contribution is -2.26. The number of halogens is 3. The molecule has 12 heteroatoms. The molecule has 0 radical (unpaired) electrons. The van der Waals surface area contributed by atoms with Gasteiger partial charge in [-0.1, -0.05) is 60.7 Å². The SMILES string of the molecule is CCOC(=O)c1nn(-c2ccc(OC(F)(F)F)cc2)c(=O)c2c(NC(=O)CC(c3ccccc3)c3ccccc3)scc12. The van der Waals surface area contributed by atoms with Crippen LogP contribution in [0.25, 0.3) is 16.5 Å². The summed E-state index contributed by atoms with van der Waals surface area (Å²) in [7, 11) is 0. The Morgan fingerprint density at radius 3 is 2.12 bits per heavy atom. The van der Waals surface area contributed by atoms with Gasteiger partial charge in [0.15, 0.2) is 5.69 Å². The number of thiophene rings is 1. The van der Waals surface area contributed by atoms with Crippen LogP contribution in [0, 0.1) is 0 Å². The van der Waals surface area contributed by atoms with E-state index in [0.29, 0.717) is 0 Å². The maximum atomic E-state index is 13.7.